The normalized spacial score (nSPS) is 10.4. The van der Waals surface area contributed by atoms with Gasteiger partial charge in [0.15, 0.2) is 11.5 Å². The standard InChI is InChI=1S/C15H15BrO2/c1-10-8-13(17)15(11(2)14(10)16)18-9-12-6-4-3-5-7-12/h3-8,17H,9H2,1-2H3. The summed E-state index contributed by atoms with van der Waals surface area (Å²) in [6.07, 6.45) is 0. The van der Waals surface area contributed by atoms with E-state index in [2.05, 4.69) is 15.9 Å². The van der Waals surface area contributed by atoms with Crippen LogP contribution in [0.5, 0.6) is 11.5 Å². The van der Waals surface area contributed by atoms with Crippen molar-refractivity contribution in [2.75, 3.05) is 0 Å². The van der Waals surface area contributed by atoms with Gasteiger partial charge in [-0.05, 0) is 31.0 Å². The molecule has 0 saturated carbocycles. The summed E-state index contributed by atoms with van der Waals surface area (Å²) in [5.74, 6) is 0.723. The van der Waals surface area contributed by atoms with Gasteiger partial charge in [0.25, 0.3) is 0 Å². The van der Waals surface area contributed by atoms with E-state index in [9.17, 15) is 5.11 Å². The molecule has 3 heteroatoms. The first-order valence-electron chi connectivity index (χ1n) is 5.75. The Morgan fingerprint density at radius 3 is 2.50 bits per heavy atom. The van der Waals surface area contributed by atoms with Crippen molar-refractivity contribution in [3.63, 3.8) is 0 Å². The van der Waals surface area contributed by atoms with Crippen molar-refractivity contribution in [1.29, 1.82) is 0 Å². The number of halogens is 1. The predicted molar refractivity (Wildman–Crippen MR) is 76.1 cm³/mol. The Balaban J connectivity index is 2.22. The molecule has 94 valence electrons. The molecule has 0 aliphatic carbocycles. The summed E-state index contributed by atoms with van der Waals surface area (Å²) in [5, 5.41) is 9.93. The third-order valence-electron chi connectivity index (χ3n) is 2.83. The van der Waals surface area contributed by atoms with E-state index in [1.165, 1.54) is 0 Å². The van der Waals surface area contributed by atoms with Crippen LogP contribution in [0.4, 0.5) is 0 Å². The molecule has 2 rings (SSSR count). The maximum absolute atomic E-state index is 9.93. The highest BCUT2D eigenvalue weighted by Gasteiger charge is 2.12. The largest absolute Gasteiger partial charge is 0.504 e. The lowest BCUT2D eigenvalue weighted by atomic mass is 10.1. The number of rotatable bonds is 3. The molecule has 0 radical (unpaired) electrons. The number of aryl methyl sites for hydroxylation is 1. The van der Waals surface area contributed by atoms with Gasteiger partial charge in [0.05, 0.1) is 0 Å². The van der Waals surface area contributed by atoms with Crippen LogP contribution in [0.15, 0.2) is 40.9 Å². The van der Waals surface area contributed by atoms with Crippen molar-refractivity contribution in [3.8, 4) is 11.5 Å². The zero-order valence-electron chi connectivity index (χ0n) is 10.4. The van der Waals surface area contributed by atoms with Gasteiger partial charge < -0.3 is 9.84 Å². The molecule has 2 nitrogen and oxygen atoms in total. The van der Waals surface area contributed by atoms with Gasteiger partial charge in [-0.1, -0.05) is 46.3 Å². The van der Waals surface area contributed by atoms with E-state index in [0.29, 0.717) is 12.4 Å². The van der Waals surface area contributed by atoms with Crippen LogP contribution in [0.2, 0.25) is 0 Å². The van der Waals surface area contributed by atoms with E-state index < -0.39 is 0 Å². The smallest absolute Gasteiger partial charge is 0.165 e. The highest BCUT2D eigenvalue weighted by atomic mass is 79.9. The van der Waals surface area contributed by atoms with Crippen molar-refractivity contribution < 1.29 is 9.84 Å². The summed E-state index contributed by atoms with van der Waals surface area (Å²) in [4.78, 5) is 0. The summed E-state index contributed by atoms with van der Waals surface area (Å²) in [6, 6.07) is 11.6. The summed E-state index contributed by atoms with van der Waals surface area (Å²) in [6.45, 7) is 4.32. The van der Waals surface area contributed by atoms with Crippen LogP contribution in [0.1, 0.15) is 16.7 Å². The second kappa shape index (κ2) is 5.44. The van der Waals surface area contributed by atoms with Crippen LogP contribution < -0.4 is 4.74 Å². The van der Waals surface area contributed by atoms with Gasteiger partial charge in [0, 0.05) is 10.0 Å². The van der Waals surface area contributed by atoms with E-state index in [4.69, 9.17) is 4.74 Å². The van der Waals surface area contributed by atoms with Crippen LogP contribution in [0.25, 0.3) is 0 Å². The molecular formula is C15H15BrO2. The number of phenols is 1. The third kappa shape index (κ3) is 2.67. The van der Waals surface area contributed by atoms with Crippen LogP contribution in [0.3, 0.4) is 0 Å². The molecule has 0 spiro atoms. The molecule has 0 aromatic heterocycles. The van der Waals surface area contributed by atoms with Crippen molar-refractivity contribution in [2.24, 2.45) is 0 Å². The zero-order chi connectivity index (χ0) is 13.1. The SMILES string of the molecule is Cc1cc(O)c(OCc2ccccc2)c(C)c1Br. The van der Waals surface area contributed by atoms with Gasteiger partial charge in [0.2, 0.25) is 0 Å². The Kier molecular flexibility index (Phi) is 3.92. The molecule has 0 heterocycles. The minimum Gasteiger partial charge on any atom is -0.504 e. The molecule has 0 unspecified atom stereocenters. The number of aromatic hydroxyl groups is 1. The van der Waals surface area contributed by atoms with Gasteiger partial charge in [-0.25, -0.2) is 0 Å². The molecule has 0 atom stereocenters. The molecular weight excluding hydrogens is 292 g/mol. The maximum atomic E-state index is 9.93. The fourth-order valence-electron chi connectivity index (χ4n) is 1.83. The summed E-state index contributed by atoms with van der Waals surface area (Å²) in [7, 11) is 0. The Labute approximate surface area is 115 Å². The van der Waals surface area contributed by atoms with E-state index in [-0.39, 0.29) is 5.75 Å². The number of benzene rings is 2. The molecule has 18 heavy (non-hydrogen) atoms. The molecule has 0 aliphatic rings. The summed E-state index contributed by atoms with van der Waals surface area (Å²) < 4.78 is 6.68. The van der Waals surface area contributed by atoms with Crippen LogP contribution in [-0.2, 0) is 6.61 Å². The van der Waals surface area contributed by atoms with E-state index in [1.807, 2.05) is 44.2 Å². The molecule has 2 aromatic carbocycles. The quantitative estimate of drug-likeness (QED) is 0.913. The molecule has 1 N–H and O–H groups in total. The predicted octanol–water partition coefficient (Wildman–Crippen LogP) is 4.35. The molecule has 0 saturated heterocycles. The summed E-state index contributed by atoms with van der Waals surface area (Å²) >= 11 is 3.50. The third-order valence-corrected chi connectivity index (χ3v) is 4.05. The number of ether oxygens (including phenoxy) is 1. The topological polar surface area (TPSA) is 29.5 Å². The van der Waals surface area contributed by atoms with E-state index in [1.54, 1.807) is 6.07 Å². The van der Waals surface area contributed by atoms with Gasteiger partial charge in [0.1, 0.15) is 6.61 Å². The van der Waals surface area contributed by atoms with Crippen LogP contribution in [0, 0.1) is 13.8 Å². The fraction of sp³-hybridized carbons (Fsp3) is 0.200. The maximum Gasteiger partial charge on any atom is 0.165 e. The van der Waals surface area contributed by atoms with Crippen molar-refractivity contribution in [3.05, 3.63) is 57.6 Å². The van der Waals surface area contributed by atoms with Crippen molar-refractivity contribution in [1.82, 2.24) is 0 Å². The average Bonchev–Trinajstić information content (AvgIpc) is 2.37. The Hall–Kier alpha value is -1.48. The molecule has 0 fully saturated rings. The molecule has 0 aliphatic heterocycles. The second-order valence-electron chi connectivity index (χ2n) is 4.25. The number of hydrogen-bond donors (Lipinski definition) is 1. The molecule has 0 bridgehead atoms. The Bertz CT molecular complexity index is 550. The first-order valence-corrected chi connectivity index (χ1v) is 6.54. The lowest BCUT2D eigenvalue weighted by Crippen LogP contribution is -1.98. The fourth-order valence-corrected chi connectivity index (χ4v) is 2.13. The highest BCUT2D eigenvalue weighted by molar-refractivity contribution is 9.10. The van der Waals surface area contributed by atoms with Gasteiger partial charge in [-0.15, -0.1) is 0 Å². The first kappa shape index (κ1) is 13.0. The van der Waals surface area contributed by atoms with Crippen molar-refractivity contribution in [2.45, 2.75) is 20.5 Å². The Morgan fingerprint density at radius 1 is 1.17 bits per heavy atom. The second-order valence-corrected chi connectivity index (χ2v) is 5.05. The van der Waals surface area contributed by atoms with Crippen molar-refractivity contribution >= 4 is 15.9 Å². The molecule has 2 aromatic rings. The van der Waals surface area contributed by atoms with Gasteiger partial charge >= 0.3 is 0 Å². The molecule has 0 amide bonds. The van der Waals surface area contributed by atoms with Gasteiger partial charge in [-0.2, -0.15) is 0 Å². The highest BCUT2D eigenvalue weighted by Crippen LogP contribution is 2.37. The lowest BCUT2D eigenvalue weighted by molar-refractivity contribution is 0.286. The number of hydrogen-bond acceptors (Lipinski definition) is 2. The zero-order valence-corrected chi connectivity index (χ0v) is 12.0. The number of phenolic OH excluding ortho intramolecular Hbond substituents is 1. The van der Waals surface area contributed by atoms with E-state index >= 15 is 0 Å². The van der Waals surface area contributed by atoms with Crippen LogP contribution in [-0.4, -0.2) is 5.11 Å². The lowest BCUT2D eigenvalue weighted by Gasteiger charge is -2.14. The first-order chi connectivity index (χ1) is 8.59. The monoisotopic (exact) mass is 306 g/mol. The average molecular weight is 307 g/mol. The minimum absolute atomic E-state index is 0.184. The summed E-state index contributed by atoms with van der Waals surface area (Å²) in [5.41, 5.74) is 2.99. The van der Waals surface area contributed by atoms with Crippen LogP contribution >= 0.6 is 15.9 Å². The minimum atomic E-state index is 0.184. The Morgan fingerprint density at radius 2 is 1.83 bits per heavy atom. The van der Waals surface area contributed by atoms with Gasteiger partial charge in [-0.3, -0.25) is 0 Å². The van der Waals surface area contributed by atoms with E-state index in [0.717, 1.165) is 21.2 Å².